The fourth-order valence-electron chi connectivity index (χ4n) is 4.43. The number of ether oxygens (including phenoxy) is 1. The van der Waals surface area contributed by atoms with Gasteiger partial charge in [-0.05, 0) is 51.6 Å². The molecule has 2 N–H and O–H groups in total. The summed E-state index contributed by atoms with van der Waals surface area (Å²) in [5.74, 6) is 0. The van der Waals surface area contributed by atoms with Crippen molar-refractivity contribution in [3.8, 4) is 0 Å². The summed E-state index contributed by atoms with van der Waals surface area (Å²) < 4.78 is 6.77. The van der Waals surface area contributed by atoms with Crippen molar-refractivity contribution in [2.75, 3.05) is 19.6 Å². The molecular weight excluding hydrogens is 260 g/mol. The second-order valence-electron chi connectivity index (χ2n) is 7.56. The summed E-state index contributed by atoms with van der Waals surface area (Å²) in [6.07, 6.45) is 17.4. The summed E-state index contributed by atoms with van der Waals surface area (Å²) in [5, 5.41) is 7.31. The standard InChI is InChI=1S/C18H34N2O/c1-2-4-6-8-10-18(11-9-7-5-3-1)20-16-17(21-18)12-14-19-15-13-17/h19-20H,1-16H2. The Morgan fingerprint density at radius 1 is 0.619 bits per heavy atom. The summed E-state index contributed by atoms with van der Waals surface area (Å²) in [7, 11) is 0. The van der Waals surface area contributed by atoms with Gasteiger partial charge in [-0.15, -0.1) is 0 Å². The molecule has 2 spiro atoms. The van der Waals surface area contributed by atoms with Crippen molar-refractivity contribution in [1.29, 1.82) is 0 Å². The Morgan fingerprint density at radius 2 is 1.14 bits per heavy atom. The average molecular weight is 294 g/mol. The lowest BCUT2D eigenvalue weighted by molar-refractivity contribution is -0.128. The zero-order chi connectivity index (χ0) is 14.4. The maximum Gasteiger partial charge on any atom is 0.120 e. The first-order chi connectivity index (χ1) is 10.3. The van der Waals surface area contributed by atoms with Gasteiger partial charge in [-0.3, -0.25) is 5.32 Å². The van der Waals surface area contributed by atoms with E-state index in [1.165, 1.54) is 83.5 Å². The molecule has 2 heterocycles. The van der Waals surface area contributed by atoms with Crippen molar-refractivity contribution in [2.45, 2.75) is 94.8 Å². The quantitative estimate of drug-likeness (QED) is 0.714. The van der Waals surface area contributed by atoms with Crippen LogP contribution in [-0.2, 0) is 4.74 Å². The molecule has 0 radical (unpaired) electrons. The number of nitrogens with one attached hydrogen (secondary N) is 2. The second kappa shape index (κ2) is 7.43. The third-order valence-electron chi connectivity index (χ3n) is 5.82. The van der Waals surface area contributed by atoms with Crippen molar-refractivity contribution in [2.24, 2.45) is 0 Å². The highest BCUT2D eigenvalue weighted by molar-refractivity contribution is 4.99. The molecule has 0 aromatic carbocycles. The van der Waals surface area contributed by atoms with Gasteiger partial charge in [0, 0.05) is 6.54 Å². The summed E-state index contributed by atoms with van der Waals surface area (Å²) in [6, 6.07) is 0. The molecule has 3 fully saturated rings. The first kappa shape index (κ1) is 15.8. The third-order valence-corrected chi connectivity index (χ3v) is 5.82. The van der Waals surface area contributed by atoms with E-state index in [1.54, 1.807) is 0 Å². The first-order valence-corrected chi connectivity index (χ1v) is 9.49. The van der Waals surface area contributed by atoms with Crippen LogP contribution in [0.4, 0.5) is 0 Å². The summed E-state index contributed by atoms with van der Waals surface area (Å²) in [5.41, 5.74) is 0.152. The molecule has 1 saturated carbocycles. The lowest BCUT2D eigenvalue weighted by Crippen LogP contribution is -2.45. The number of hydrogen-bond acceptors (Lipinski definition) is 3. The van der Waals surface area contributed by atoms with Crippen molar-refractivity contribution < 1.29 is 4.74 Å². The van der Waals surface area contributed by atoms with E-state index in [0.29, 0.717) is 0 Å². The van der Waals surface area contributed by atoms with Crippen LogP contribution in [0.5, 0.6) is 0 Å². The van der Waals surface area contributed by atoms with Gasteiger partial charge in [-0.1, -0.05) is 44.9 Å². The van der Waals surface area contributed by atoms with E-state index in [-0.39, 0.29) is 11.3 Å². The smallest absolute Gasteiger partial charge is 0.120 e. The van der Waals surface area contributed by atoms with Gasteiger partial charge in [0.05, 0.1) is 5.60 Å². The number of hydrogen-bond donors (Lipinski definition) is 2. The van der Waals surface area contributed by atoms with Crippen LogP contribution in [0, 0.1) is 0 Å². The van der Waals surface area contributed by atoms with Crippen LogP contribution in [0.1, 0.15) is 83.5 Å². The molecule has 0 aromatic heterocycles. The lowest BCUT2D eigenvalue weighted by Gasteiger charge is -2.37. The third kappa shape index (κ3) is 4.20. The largest absolute Gasteiger partial charge is 0.353 e. The topological polar surface area (TPSA) is 33.3 Å². The van der Waals surface area contributed by atoms with E-state index >= 15 is 0 Å². The molecule has 0 aromatic rings. The molecule has 0 atom stereocenters. The van der Waals surface area contributed by atoms with Gasteiger partial charge in [-0.2, -0.15) is 0 Å². The Balaban J connectivity index is 1.59. The number of rotatable bonds is 0. The monoisotopic (exact) mass is 294 g/mol. The Kier molecular flexibility index (Phi) is 5.58. The van der Waals surface area contributed by atoms with E-state index in [4.69, 9.17) is 4.74 Å². The highest BCUT2D eigenvalue weighted by Crippen LogP contribution is 2.39. The van der Waals surface area contributed by atoms with Gasteiger partial charge >= 0.3 is 0 Å². The lowest BCUT2D eigenvalue weighted by atomic mass is 9.93. The molecule has 3 heteroatoms. The van der Waals surface area contributed by atoms with Gasteiger partial charge in [-0.25, -0.2) is 0 Å². The molecule has 2 saturated heterocycles. The predicted molar refractivity (Wildman–Crippen MR) is 87.4 cm³/mol. The second-order valence-corrected chi connectivity index (χ2v) is 7.56. The summed E-state index contributed by atoms with van der Waals surface area (Å²) in [4.78, 5) is 0. The molecule has 122 valence electrons. The Labute approximate surface area is 130 Å². The van der Waals surface area contributed by atoms with Gasteiger partial charge in [0.25, 0.3) is 0 Å². The van der Waals surface area contributed by atoms with Crippen LogP contribution in [0.15, 0.2) is 0 Å². The Bertz CT molecular complexity index is 300. The van der Waals surface area contributed by atoms with Crippen molar-refractivity contribution in [1.82, 2.24) is 10.6 Å². The Hall–Kier alpha value is -0.120. The average Bonchev–Trinajstić information content (AvgIpc) is 2.83. The van der Waals surface area contributed by atoms with Gasteiger partial charge in [0.2, 0.25) is 0 Å². The van der Waals surface area contributed by atoms with Gasteiger partial charge in [0.1, 0.15) is 5.72 Å². The SMILES string of the molecule is C1CCCCCC2(CCCCC1)NCC1(CCNCC1)O2. The highest BCUT2D eigenvalue weighted by Gasteiger charge is 2.48. The minimum Gasteiger partial charge on any atom is -0.353 e. The molecule has 3 rings (SSSR count). The van der Waals surface area contributed by atoms with Crippen LogP contribution in [0.2, 0.25) is 0 Å². The van der Waals surface area contributed by atoms with Crippen molar-refractivity contribution in [3.63, 3.8) is 0 Å². The molecule has 21 heavy (non-hydrogen) atoms. The maximum atomic E-state index is 6.77. The molecule has 1 aliphatic carbocycles. The maximum absolute atomic E-state index is 6.77. The fraction of sp³-hybridized carbons (Fsp3) is 1.00. The molecule has 0 unspecified atom stereocenters. The van der Waals surface area contributed by atoms with Crippen LogP contribution < -0.4 is 10.6 Å². The fourth-order valence-corrected chi connectivity index (χ4v) is 4.43. The molecule has 2 aliphatic heterocycles. The predicted octanol–water partition coefficient (Wildman–Crippen LogP) is 3.73. The van der Waals surface area contributed by atoms with Gasteiger partial charge < -0.3 is 10.1 Å². The molecule has 3 nitrogen and oxygen atoms in total. The van der Waals surface area contributed by atoms with Crippen LogP contribution in [0.25, 0.3) is 0 Å². The van der Waals surface area contributed by atoms with E-state index < -0.39 is 0 Å². The minimum absolute atomic E-state index is 0.0105. The molecule has 0 bridgehead atoms. The van der Waals surface area contributed by atoms with E-state index in [1.807, 2.05) is 0 Å². The zero-order valence-electron chi connectivity index (χ0n) is 13.7. The van der Waals surface area contributed by atoms with Crippen LogP contribution in [0.3, 0.4) is 0 Å². The molecular formula is C18H34N2O. The Morgan fingerprint density at radius 3 is 1.71 bits per heavy atom. The molecule has 0 amide bonds. The zero-order valence-corrected chi connectivity index (χ0v) is 13.7. The van der Waals surface area contributed by atoms with E-state index in [9.17, 15) is 0 Å². The van der Waals surface area contributed by atoms with E-state index in [2.05, 4.69) is 10.6 Å². The van der Waals surface area contributed by atoms with Crippen molar-refractivity contribution >= 4 is 0 Å². The number of piperidine rings is 1. The van der Waals surface area contributed by atoms with Crippen molar-refractivity contribution in [3.05, 3.63) is 0 Å². The first-order valence-electron chi connectivity index (χ1n) is 9.49. The van der Waals surface area contributed by atoms with E-state index in [0.717, 1.165) is 19.6 Å². The highest BCUT2D eigenvalue weighted by atomic mass is 16.6. The van der Waals surface area contributed by atoms with Crippen LogP contribution >= 0.6 is 0 Å². The summed E-state index contributed by atoms with van der Waals surface area (Å²) >= 11 is 0. The molecule has 3 aliphatic rings. The van der Waals surface area contributed by atoms with Gasteiger partial charge in [0.15, 0.2) is 0 Å². The summed E-state index contributed by atoms with van der Waals surface area (Å²) in [6.45, 7) is 3.32. The minimum atomic E-state index is 0.0105. The normalized spacial score (nSPS) is 30.9. The van der Waals surface area contributed by atoms with Crippen LogP contribution in [-0.4, -0.2) is 31.0 Å².